The summed E-state index contributed by atoms with van der Waals surface area (Å²) < 4.78 is 13.0. The van der Waals surface area contributed by atoms with Gasteiger partial charge in [0.15, 0.2) is 17.3 Å². The highest BCUT2D eigenvalue weighted by molar-refractivity contribution is 5.45. The molecule has 0 spiro atoms. The molecule has 0 amide bonds. The minimum Gasteiger partial charge on any atom is -0.486 e. The molecule has 1 aromatic carbocycles. The van der Waals surface area contributed by atoms with Crippen LogP contribution in [0, 0.1) is 0 Å². The monoisotopic (exact) mass is 350 g/mol. The lowest BCUT2D eigenvalue weighted by molar-refractivity contribution is 0.171. The van der Waals surface area contributed by atoms with Crippen molar-refractivity contribution in [2.45, 2.75) is 25.9 Å². The van der Waals surface area contributed by atoms with E-state index in [1.165, 1.54) is 0 Å². The van der Waals surface area contributed by atoms with Gasteiger partial charge in [0.1, 0.15) is 13.2 Å². The molecule has 1 aliphatic heterocycles. The van der Waals surface area contributed by atoms with Gasteiger partial charge in [-0.2, -0.15) is 5.10 Å². The number of aromatic nitrogens is 3. The van der Waals surface area contributed by atoms with E-state index in [0.717, 1.165) is 28.4 Å². The molecule has 0 bridgehead atoms. The molecule has 0 aliphatic carbocycles. The van der Waals surface area contributed by atoms with Crippen LogP contribution in [0.15, 0.2) is 55.0 Å². The van der Waals surface area contributed by atoms with Crippen molar-refractivity contribution in [2.75, 3.05) is 13.2 Å². The van der Waals surface area contributed by atoms with Crippen molar-refractivity contribution in [2.24, 2.45) is 0 Å². The molecule has 2 aromatic heterocycles. The van der Waals surface area contributed by atoms with E-state index in [1.807, 2.05) is 30.6 Å². The first kappa shape index (κ1) is 16.6. The van der Waals surface area contributed by atoms with Gasteiger partial charge in [0, 0.05) is 30.7 Å². The minimum atomic E-state index is -0.212. The molecule has 3 aromatic rings. The number of hydrogen-bond donors (Lipinski definition) is 1. The van der Waals surface area contributed by atoms with E-state index in [4.69, 9.17) is 9.47 Å². The zero-order valence-electron chi connectivity index (χ0n) is 15.0. The van der Waals surface area contributed by atoms with Crippen LogP contribution >= 0.6 is 0 Å². The summed E-state index contributed by atoms with van der Waals surface area (Å²) in [6, 6.07) is 12.0. The van der Waals surface area contributed by atoms with Crippen molar-refractivity contribution in [3.63, 3.8) is 0 Å². The molecular formula is C20H22N4O2. The second-order valence-electron chi connectivity index (χ2n) is 6.81. The number of rotatable bonds is 5. The number of ether oxygens (including phenoxy) is 2. The minimum absolute atomic E-state index is 0.212. The fourth-order valence-corrected chi connectivity index (χ4v) is 2.92. The van der Waals surface area contributed by atoms with Crippen LogP contribution in [0.2, 0.25) is 0 Å². The largest absolute Gasteiger partial charge is 0.486 e. The Kier molecular flexibility index (Phi) is 4.34. The van der Waals surface area contributed by atoms with Crippen LogP contribution in [0.25, 0.3) is 5.82 Å². The van der Waals surface area contributed by atoms with E-state index in [-0.39, 0.29) is 5.54 Å². The third-order valence-electron chi connectivity index (χ3n) is 4.55. The highest BCUT2D eigenvalue weighted by Gasteiger charge is 2.22. The number of pyridine rings is 1. The normalized spacial score (nSPS) is 13.6. The second-order valence-corrected chi connectivity index (χ2v) is 6.81. The Bertz CT molecular complexity index is 873. The number of nitrogens with one attached hydrogen (secondary N) is 1. The Hall–Kier alpha value is -2.86. The van der Waals surface area contributed by atoms with Gasteiger partial charge in [-0.1, -0.05) is 12.1 Å². The number of fused-ring (bicyclic) bond motifs is 1. The van der Waals surface area contributed by atoms with Gasteiger partial charge in [-0.3, -0.25) is 0 Å². The highest BCUT2D eigenvalue weighted by Crippen LogP contribution is 2.34. The van der Waals surface area contributed by atoms with Gasteiger partial charge < -0.3 is 14.8 Å². The lowest BCUT2D eigenvalue weighted by Gasteiger charge is -2.29. The van der Waals surface area contributed by atoms with E-state index >= 15 is 0 Å². The maximum Gasteiger partial charge on any atom is 0.161 e. The van der Waals surface area contributed by atoms with Gasteiger partial charge >= 0.3 is 0 Å². The highest BCUT2D eigenvalue weighted by atomic mass is 16.6. The molecule has 134 valence electrons. The molecule has 26 heavy (non-hydrogen) atoms. The summed E-state index contributed by atoms with van der Waals surface area (Å²) in [4.78, 5) is 4.48. The molecular weight excluding hydrogens is 328 g/mol. The van der Waals surface area contributed by atoms with E-state index in [0.29, 0.717) is 19.8 Å². The first-order chi connectivity index (χ1) is 12.6. The lowest BCUT2D eigenvalue weighted by atomic mass is 9.93. The topological polar surface area (TPSA) is 61.2 Å². The van der Waals surface area contributed by atoms with Gasteiger partial charge in [-0.15, -0.1) is 0 Å². The van der Waals surface area contributed by atoms with Crippen LogP contribution in [-0.4, -0.2) is 28.0 Å². The smallest absolute Gasteiger partial charge is 0.161 e. The Balaban J connectivity index is 1.44. The first-order valence-electron chi connectivity index (χ1n) is 8.72. The summed E-state index contributed by atoms with van der Waals surface area (Å²) in [6.07, 6.45) is 5.50. The van der Waals surface area contributed by atoms with Gasteiger partial charge in [0.05, 0.1) is 0 Å². The summed E-state index contributed by atoms with van der Waals surface area (Å²) in [6.45, 7) is 6.23. The fraction of sp³-hybridized carbons (Fsp3) is 0.300. The van der Waals surface area contributed by atoms with Gasteiger partial charge in [0.25, 0.3) is 0 Å². The zero-order valence-corrected chi connectivity index (χ0v) is 15.0. The summed E-state index contributed by atoms with van der Waals surface area (Å²) in [7, 11) is 0. The maximum absolute atomic E-state index is 5.70. The van der Waals surface area contributed by atoms with Crippen molar-refractivity contribution in [3.05, 3.63) is 66.1 Å². The Morgan fingerprint density at radius 1 is 1.12 bits per heavy atom. The summed E-state index contributed by atoms with van der Waals surface area (Å²) >= 11 is 0. The third-order valence-corrected chi connectivity index (χ3v) is 4.55. The van der Waals surface area contributed by atoms with Crippen LogP contribution in [0.1, 0.15) is 25.0 Å². The molecule has 0 radical (unpaired) electrons. The molecule has 0 saturated heterocycles. The number of hydrogen-bond acceptors (Lipinski definition) is 5. The zero-order chi connectivity index (χ0) is 18.0. The molecule has 0 unspecified atom stereocenters. The van der Waals surface area contributed by atoms with Crippen molar-refractivity contribution in [1.29, 1.82) is 0 Å². The lowest BCUT2D eigenvalue weighted by Crippen LogP contribution is -2.36. The third kappa shape index (κ3) is 3.41. The van der Waals surface area contributed by atoms with Crippen molar-refractivity contribution in [1.82, 2.24) is 20.1 Å². The standard InChI is InChI=1S/C20H22N4O2/c1-20(2,16-5-6-17-18(12-16)26-11-10-25-17)22-14-15-4-7-19(21-13-15)24-9-3-8-23-24/h3-9,12-13,22H,10-11,14H2,1-2H3. The van der Waals surface area contributed by atoms with Gasteiger partial charge in [0.2, 0.25) is 0 Å². The number of nitrogens with zero attached hydrogens (tertiary/aromatic N) is 3. The fourth-order valence-electron chi connectivity index (χ4n) is 2.92. The Morgan fingerprint density at radius 2 is 1.96 bits per heavy atom. The molecule has 6 nitrogen and oxygen atoms in total. The summed E-state index contributed by atoms with van der Waals surface area (Å²) in [5.74, 6) is 2.44. The molecule has 3 heterocycles. The van der Waals surface area contributed by atoms with E-state index in [1.54, 1.807) is 10.9 Å². The van der Waals surface area contributed by atoms with Crippen molar-refractivity contribution < 1.29 is 9.47 Å². The summed E-state index contributed by atoms with van der Waals surface area (Å²) in [5.41, 5.74) is 2.06. The molecule has 6 heteroatoms. The maximum atomic E-state index is 5.70. The Labute approximate surface area is 152 Å². The molecule has 0 fully saturated rings. The predicted molar refractivity (Wildman–Crippen MR) is 98.7 cm³/mol. The van der Waals surface area contributed by atoms with Crippen molar-refractivity contribution in [3.8, 4) is 17.3 Å². The Morgan fingerprint density at radius 3 is 2.69 bits per heavy atom. The van der Waals surface area contributed by atoms with Crippen LogP contribution in [0.4, 0.5) is 0 Å². The molecule has 1 N–H and O–H groups in total. The van der Waals surface area contributed by atoms with Crippen LogP contribution in [0.5, 0.6) is 11.5 Å². The van der Waals surface area contributed by atoms with Gasteiger partial charge in [-0.05, 0) is 49.2 Å². The van der Waals surface area contributed by atoms with Crippen LogP contribution in [0.3, 0.4) is 0 Å². The molecule has 0 atom stereocenters. The summed E-state index contributed by atoms with van der Waals surface area (Å²) in [5, 5.41) is 7.79. The molecule has 0 saturated carbocycles. The second kappa shape index (κ2) is 6.80. The average molecular weight is 350 g/mol. The van der Waals surface area contributed by atoms with Crippen molar-refractivity contribution >= 4 is 0 Å². The van der Waals surface area contributed by atoms with E-state index < -0.39 is 0 Å². The van der Waals surface area contributed by atoms with Crippen LogP contribution in [-0.2, 0) is 12.1 Å². The average Bonchev–Trinajstić information content (AvgIpc) is 3.21. The first-order valence-corrected chi connectivity index (χ1v) is 8.72. The van der Waals surface area contributed by atoms with E-state index in [9.17, 15) is 0 Å². The van der Waals surface area contributed by atoms with E-state index in [2.05, 4.69) is 47.4 Å². The predicted octanol–water partition coefficient (Wildman–Crippen LogP) is 3.06. The van der Waals surface area contributed by atoms with Gasteiger partial charge in [-0.25, -0.2) is 9.67 Å². The SMILES string of the molecule is CC(C)(NCc1ccc(-n2cccn2)nc1)c1ccc2c(c1)OCCO2. The van der Waals surface area contributed by atoms with Crippen LogP contribution < -0.4 is 14.8 Å². The quantitative estimate of drug-likeness (QED) is 0.766. The number of benzene rings is 1. The molecule has 1 aliphatic rings. The molecule has 4 rings (SSSR count).